The van der Waals surface area contributed by atoms with Gasteiger partial charge in [-0.15, -0.1) is 0 Å². The van der Waals surface area contributed by atoms with E-state index in [1.54, 1.807) is 0 Å². The summed E-state index contributed by atoms with van der Waals surface area (Å²) in [5.74, 6) is -0.134. The first-order valence-corrected chi connectivity index (χ1v) is 10.3. The van der Waals surface area contributed by atoms with Gasteiger partial charge in [-0.25, -0.2) is 4.79 Å². The van der Waals surface area contributed by atoms with Crippen LogP contribution in [0.15, 0.2) is 30.3 Å². The minimum atomic E-state index is -0.941. The summed E-state index contributed by atoms with van der Waals surface area (Å²) in [7, 11) is 0. The normalized spacial score (nSPS) is 24.6. The van der Waals surface area contributed by atoms with Crippen LogP contribution in [-0.4, -0.2) is 46.1 Å². The van der Waals surface area contributed by atoms with Crippen molar-refractivity contribution in [2.75, 3.05) is 5.75 Å². The number of rotatable bonds is 9. The smallest absolute Gasteiger partial charge is 0.315 e. The van der Waals surface area contributed by atoms with Crippen molar-refractivity contribution in [1.29, 1.82) is 0 Å². The first-order valence-electron chi connectivity index (χ1n) is 9.27. The molecular formula is C19H25N3O4S. The number of benzene rings is 1. The van der Waals surface area contributed by atoms with Crippen LogP contribution < -0.4 is 16.0 Å². The van der Waals surface area contributed by atoms with Crippen LogP contribution in [0, 0.1) is 0 Å². The number of nitrogens with one attached hydrogen (secondary N) is 3. The molecule has 8 heteroatoms. The SMILES string of the molecule is O=C(O)CC(NC(=O)CCCC[C@@H]1SC[C@@H]2NC(=O)N[C@@H]21)c1ccccc1. The quantitative estimate of drug-likeness (QED) is 0.381. The predicted molar refractivity (Wildman–Crippen MR) is 104 cm³/mol. The van der Waals surface area contributed by atoms with Crippen LogP contribution in [0.1, 0.15) is 43.7 Å². The second kappa shape index (κ2) is 9.12. The average Bonchev–Trinajstić information content (AvgIpc) is 3.18. The van der Waals surface area contributed by atoms with Crippen molar-refractivity contribution < 1.29 is 19.5 Å². The highest BCUT2D eigenvalue weighted by Gasteiger charge is 2.42. The maximum absolute atomic E-state index is 12.3. The van der Waals surface area contributed by atoms with Gasteiger partial charge < -0.3 is 21.1 Å². The number of carboxylic acid groups (broad SMARTS) is 1. The number of unbranched alkanes of at least 4 members (excludes halogenated alkanes) is 1. The fourth-order valence-electron chi connectivity index (χ4n) is 3.65. The molecule has 1 unspecified atom stereocenters. The predicted octanol–water partition coefficient (Wildman–Crippen LogP) is 2.04. The Kier molecular flexibility index (Phi) is 6.60. The molecule has 2 aliphatic heterocycles. The number of aliphatic carboxylic acids is 1. The molecule has 7 nitrogen and oxygen atoms in total. The molecule has 27 heavy (non-hydrogen) atoms. The summed E-state index contributed by atoms with van der Waals surface area (Å²) in [5.41, 5.74) is 0.797. The number of carboxylic acids is 1. The molecule has 0 aromatic heterocycles. The number of hydrogen-bond acceptors (Lipinski definition) is 4. The Morgan fingerprint density at radius 3 is 2.74 bits per heavy atom. The Labute approximate surface area is 162 Å². The fraction of sp³-hybridized carbons (Fsp3) is 0.526. The molecule has 0 saturated carbocycles. The lowest BCUT2D eigenvalue weighted by molar-refractivity contribution is -0.137. The minimum Gasteiger partial charge on any atom is -0.481 e. The lowest BCUT2D eigenvalue weighted by Gasteiger charge is -2.18. The van der Waals surface area contributed by atoms with E-state index in [0.29, 0.717) is 11.7 Å². The van der Waals surface area contributed by atoms with E-state index in [4.69, 9.17) is 5.11 Å². The number of hydrogen-bond donors (Lipinski definition) is 4. The molecule has 3 rings (SSSR count). The lowest BCUT2D eigenvalue weighted by Crippen LogP contribution is -2.36. The number of carbonyl (C=O) groups excluding carboxylic acids is 2. The number of thioether (sulfide) groups is 1. The Bertz CT molecular complexity index is 685. The molecule has 1 aromatic carbocycles. The molecule has 2 heterocycles. The van der Waals surface area contributed by atoms with Gasteiger partial charge in [0.05, 0.1) is 24.5 Å². The molecule has 0 aliphatic carbocycles. The third-order valence-corrected chi connectivity index (χ3v) is 6.51. The summed E-state index contributed by atoms with van der Waals surface area (Å²) in [6.45, 7) is 0. The van der Waals surface area contributed by atoms with Crippen LogP contribution in [-0.2, 0) is 9.59 Å². The summed E-state index contributed by atoms with van der Waals surface area (Å²) in [6, 6.07) is 8.99. The highest BCUT2D eigenvalue weighted by molar-refractivity contribution is 8.00. The third kappa shape index (κ3) is 5.38. The van der Waals surface area contributed by atoms with Gasteiger partial charge in [-0.1, -0.05) is 36.8 Å². The Hall–Kier alpha value is -2.22. The van der Waals surface area contributed by atoms with Gasteiger partial charge in [-0.2, -0.15) is 11.8 Å². The maximum atomic E-state index is 12.3. The van der Waals surface area contributed by atoms with Crippen LogP contribution >= 0.6 is 11.8 Å². The van der Waals surface area contributed by atoms with Crippen LogP contribution in [0.5, 0.6) is 0 Å². The van der Waals surface area contributed by atoms with Gasteiger partial charge in [0, 0.05) is 17.4 Å². The van der Waals surface area contributed by atoms with E-state index in [0.717, 1.165) is 30.6 Å². The molecule has 0 radical (unpaired) electrons. The molecule has 146 valence electrons. The standard InChI is InChI=1S/C19H25N3O4S/c23-16(20-13(10-17(24)25)12-6-2-1-3-7-12)9-5-4-8-15-18-14(11-27-15)21-19(26)22-18/h1-3,6-7,13-15,18H,4-5,8-11H2,(H,20,23)(H,24,25)(H2,21,22,26)/t13?,14-,15-,18-/m0/s1. The van der Waals surface area contributed by atoms with E-state index >= 15 is 0 Å². The molecule has 4 atom stereocenters. The van der Waals surface area contributed by atoms with Crippen molar-refractivity contribution in [2.45, 2.75) is 55.5 Å². The Morgan fingerprint density at radius 2 is 2.00 bits per heavy atom. The first kappa shape index (κ1) is 19.5. The van der Waals surface area contributed by atoms with Crippen molar-refractivity contribution in [3.8, 4) is 0 Å². The molecule has 3 amide bonds. The zero-order valence-corrected chi connectivity index (χ0v) is 15.8. The van der Waals surface area contributed by atoms with E-state index in [9.17, 15) is 14.4 Å². The molecule has 2 saturated heterocycles. The van der Waals surface area contributed by atoms with Gasteiger partial charge in [0.2, 0.25) is 5.91 Å². The third-order valence-electron chi connectivity index (χ3n) is 5.00. The molecular weight excluding hydrogens is 366 g/mol. The van der Waals surface area contributed by atoms with Gasteiger partial charge in [-0.3, -0.25) is 9.59 Å². The van der Waals surface area contributed by atoms with E-state index in [1.807, 2.05) is 42.1 Å². The molecule has 2 aliphatic rings. The monoisotopic (exact) mass is 391 g/mol. The van der Waals surface area contributed by atoms with E-state index in [-0.39, 0.29) is 30.4 Å². The molecule has 0 bridgehead atoms. The highest BCUT2D eigenvalue weighted by atomic mass is 32.2. The number of urea groups is 1. The number of carbonyl (C=O) groups is 3. The average molecular weight is 391 g/mol. The van der Waals surface area contributed by atoms with E-state index in [1.165, 1.54) is 0 Å². The zero-order chi connectivity index (χ0) is 19.2. The van der Waals surface area contributed by atoms with Crippen molar-refractivity contribution in [3.63, 3.8) is 0 Å². The van der Waals surface area contributed by atoms with E-state index in [2.05, 4.69) is 16.0 Å². The van der Waals surface area contributed by atoms with Crippen molar-refractivity contribution in [3.05, 3.63) is 35.9 Å². The van der Waals surface area contributed by atoms with Crippen LogP contribution in [0.2, 0.25) is 0 Å². The summed E-state index contributed by atoms with van der Waals surface area (Å²) < 4.78 is 0. The lowest BCUT2D eigenvalue weighted by atomic mass is 10.0. The van der Waals surface area contributed by atoms with E-state index < -0.39 is 12.0 Å². The van der Waals surface area contributed by atoms with Crippen LogP contribution in [0.4, 0.5) is 4.79 Å². The van der Waals surface area contributed by atoms with Crippen LogP contribution in [0.3, 0.4) is 0 Å². The van der Waals surface area contributed by atoms with Crippen LogP contribution in [0.25, 0.3) is 0 Å². The zero-order valence-electron chi connectivity index (χ0n) is 15.0. The second-order valence-electron chi connectivity index (χ2n) is 7.00. The second-order valence-corrected chi connectivity index (χ2v) is 8.27. The number of amides is 3. The Balaban J connectivity index is 1.40. The molecule has 2 fully saturated rings. The summed E-state index contributed by atoms with van der Waals surface area (Å²) >= 11 is 1.87. The van der Waals surface area contributed by atoms with Crippen molar-refractivity contribution >= 4 is 29.7 Å². The summed E-state index contributed by atoms with van der Waals surface area (Å²) in [6.07, 6.45) is 2.84. The van der Waals surface area contributed by atoms with Gasteiger partial charge in [0.1, 0.15) is 0 Å². The van der Waals surface area contributed by atoms with Gasteiger partial charge in [-0.05, 0) is 18.4 Å². The number of fused-ring (bicyclic) bond motifs is 1. The maximum Gasteiger partial charge on any atom is 0.315 e. The highest BCUT2D eigenvalue weighted by Crippen LogP contribution is 2.33. The fourth-order valence-corrected chi connectivity index (χ4v) is 5.20. The topological polar surface area (TPSA) is 108 Å². The first-order chi connectivity index (χ1) is 13.0. The summed E-state index contributed by atoms with van der Waals surface area (Å²) in [4.78, 5) is 34.7. The minimum absolute atomic E-state index is 0.0833. The van der Waals surface area contributed by atoms with Gasteiger partial charge in [0.15, 0.2) is 0 Å². The van der Waals surface area contributed by atoms with Gasteiger partial charge >= 0.3 is 12.0 Å². The largest absolute Gasteiger partial charge is 0.481 e. The molecule has 0 spiro atoms. The van der Waals surface area contributed by atoms with Crippen molar-refractivity contribution in [1.82, 2.24) is 16.0 Å². The Morgan fingerprint density at radius 1 is 1.22 bits per heavy atom. The molecule has 1 aromatic rings. The van der Waals surface area contributed by atoms with Crippen molar-refractivity contribution in [2.24, 2.45) is 0 Å². The molecule has 4 N–H and O–H groups in total. The summed E-state index contributed by atoms with van der Waals surface area (Å²) in [5, 5.41) is 18.2. The van der Waals surface area contributed by atoms with Gasteiger partial charge in [0.25, 0.3) is 0 Å².